The third-order valence-electron chi connectivity index (χ3n) is 7.07. The van der Waals surface area contributed by atoms with Crippen LogP contribution in [0.3, 0.4) is 0 Å². The third kappa shape index (κ3) is 6.09. The van der Waals surface area contributed by atoms with Crippen LogP contribution in [0.2, 0.25) is 0 Å². The van der Waals surface area contributed by atoms with Crippen LogP contribution in [0, 0.1) is 0 Å². The minimum absolute atomic E-state index is 0.190. The molecule has 4 aromatic rings. The Hall–Kier alpha value is -4.03. The van der Waals surface area contributed by atoms with Crippen molar-refractivity contribution in [2.24, 2.45) is 0 Å². The Morgan fingerprint density at radius 2 is 1.42 bits per heavy atom. The maximum absolute atomic E-state index is 13.2. The predicted molar refractivity (Wildman–Crippen MR) is 153 cm³/mol. The van der Waals surface area contributed by atoms with Gasteiger partial charge in [0.05, 0.1) is 19.9 Å². The molecule has 1 heterocycles. The highest BCUT2D eigenvalue weighted by Crippen LogP contribution is 2.34. The molecule has 38 heavy (non-hydrogen) atoms. The summed E-state index contributed by atoms with van der Waals surface area (Å²) in [4.78, 5) is 15.6. The molecule has 0 unspecified atom stereocenters. The van der Waals surface area contributed by atoms with Gasteiger partial charge in [0.1, 0.15) is 23.9 Å². The maximum Gasteiger partial charge on any atom is 0.255 e. The van der Waals surface area contributed by atoms with E-state index in [9.17, 15) is 4.79 Å². The first-order chi connectivity index (χ1) is 18.6. The number of nitrogens with zero attached hydrogens (tertiary/aromatic N) is 1. The molecule has 0 atom stereocenters. The van der Waals surface area contributed by atoms with E-state index in [1.165, 1.54) is 19.3 Å². The number of fused-ring (bicyclic) bond motifs is 1. The molecular formula is C32H34N2O4. The first kappa shape index (κ1) is 25.6. The van der Waals surface area contributed by atoms with Gasteiger partial charge in [0.25, 0.3) is 5.91 Å². The van der Waals surface area contributed by atoms with Crippen molar-refractivity contribution >= 4 is 22.4 Å². The molecule has 4 aromatic carbocycles. The number of benzene rings is 4. The fraction of sp³-hybridized carbons (Fsp3) is 0.281. The Kier molecular flexibility index (Phi) is 8.09. The molecule has 5 rings (SSSR count). The third-order valence-corrected chi connectivity index (χ3v) is 7.07. The van der Waals surface area contributed by atoms with E-state index in [-0.39, 0.29) is 5.91 Å². The van der Waals surface area contributed by atoms with E-state index < -0.39 is 0 Å². The van der Waals surface area contributed by atoms with Gasteiger partial charge in [-0.25, -0.2) is 0 Å². The molecule has 6 nitrogen and oxygen atoms in total. The van der Waals surface area contributed by atoms with Crippen molar-refractivity contribution in [3.63, 3.8) is 0 Å². The summed E-state index contributed by atoms with van der Waals surface area (Å²) in [6.07, 6.45) is 3.87. The standard InChI is InChI=1S/C32H34N2O4/c1-36-28-13-10-24-20-26(7-6-25(24)21-28)30-15-14-29(37-2)22-31(30)33-32(35)23-8-11-27(12-9-23)38-19-18-34-16-4-3-5-17-34/h6-15,20-22H,3-5,16-19H2,1-2H3,(H,33,35). The molecule has 1 fully saturated rings. The Morgan fingerprint density at radius 3 is 2.18 bits per heavy atom. The smallest absolute Gasteiger partial charge is 0.255 e. The number of hydrogen-bond acceptors (Lipinski definition) is 5. The van der Waals surface area contributed by atoms with Gasteiger partial charge in [0, 0.05) is 23.7 Å². The highest BCUT2D eigenvalue weighted by atomic mass is 16.5. The zero-order valence-electron chi connectivity index (χ0n) is 22.0. The van der Waals surface area contributed by atoms with Gasteiger partial charge in [0.2, 0.25) is 0 Å². The van der Waals surface area contributed by atoms with Gasteiger partial charge >= 0.3 is 0 Å². The van der Waals surface area contributed by atoms with Crippen molar-refractivity contribution in [2.45, 2.75) is 19.3 Å². The summed E-state index contributed by atoms with van der Waals surface area (Å²) in [5.41, 5.74) is 3.16. The number of ether oxygens (including phenoxy) is 3. The van der Waals surface area contributed by atoms with Gasteiger partial charge in [-0.3, -0.25) is 9.69 Å². The highest BCUT2D eigenvalue weighted by Gasteiger charge is 2.14. The van der Waals surface area contributed by atoms with E-state index in [1.807, 2.05) is 48.5 Å². The lowest BCUT2D eigenvalue weighted by Crippen LogP contribution is -2.33. The number of carbonyl (C=O) groups is 1. The first-order valence-electron chi connectivity index (χ1n) is 13.2. The number of anilines is 1. The maximum atomic E-state index is 13.2. The van der Waals surface area contributed by atoms with Gasteiger partial charge in [-0.2, -0.15) is 0 Å². The number of rotatable bonds is 9. The molecule has 0 spiro atoms. The Balaban J connectivity index is 1.30. The van der Waals surface area contributed by atoms with Gasteiger partial charge in [-0.05, 0) is 96.9 Å². The van der Waals surface area contributed by atoms with Crippen LogP contribution in [0.1, 0.15) is 29.6 Å². The van der Waals surface area contributed by atoms with Crippen molar-refractivity contribution in [2.75, 3.05) is 45.8 Å². The Bertz CT molecular complexity index is 1390. The molecule has 0 radical (unpaired) electrons. The van der Waals surface area contributed by atoms with E-state index in [1.54, 1.807) is 26.4 Å². The normalized spacial score (nSPS) is 13.7. The summed E-state index contributed by atoms with van der Waals surface area (Å²) in [6.45, 7) is 3.89. The van der Waals surface area contributed by atoms with Gasteiger partial charge in [-0.1, -0.05) is 24.6 Å². The summed E-state index contributed by atoms with van der Waals surface area (Å²) in [7, 11) is 3.28. The number of piperidine rings is 1. The quantitative estimate of drug-likeness (QED) is 0.273. The minimum Gasteiger partial charge on any atom is -0.497 e. The van der Waals surface area contributed by atoms with Crippen LogP contribution in [-0.4, -0.2) is 51.3 Å². The largest absolute Gasteiger partial charge is 0.497 e. The van der Waals surface area contributed by atoms with Crippen molar-refractivity contribution in [3.8, 4) is 28.4 Å². The molecular weight excluding hydrogens is 476 g/mol. The Morgan fingerprint density at radius 1 is 0.763 bits per heavy atom. The van der Waals surface area contributed by atoms with Crippen molar-refractivity contribution < 1.29 is 19.0 Å². The molecule has 0 bridgehead atoms. The molecule has 6 heteroatoms. The summed E-state index contributed by atoms with van der Waals surface area (Å²) >= 11 is 0. The van der Waals surface area contributed by atoms with Crippen LogP contribution in [0.25, 0.3) is 21.9 Å². The average molecular weight is 511 g/mol. The molecule has 1 aliphatic heterocycles. The van der Waals surface area contributed by atoms with Crippen LogP contribution in [0.4, 0.5) is 5.69 Å². The van der Waals surface area contributed by atoms with Crippen molar-refractivity contribution in [3.05, 3.63) is 84.4 Å². The molecule has 1 amide bonds. The van der Waals surface area contributed by atoms with Crippen LogP contribution in [-0.2, 0) is 0 Å². The summed E-state index contributed by atoms with van der Waals surface area (Å²) < 4.78 is 16.7. The fourth-order valence-electron chi connectivity index (χ4n) is 4.90. The number of methoxy groups -OCH3 is 2. The topological polar surface area (TPSA) is 60.0 Å². The molecule has 1 N–H and O–H groups in total. The van der Waals surface area contributed by atoms with Gasteiger partial charge in [-0.15, -0.1) is 0 Å². The van der Waals surface area contributed by atoms with E-state index >= 15 is 0 Å². The second-order valence-electron chi connectivity index (χ2n) is 9.57. The lowest BCUT2D eigenvalue weighted by atomic mass is 9.99. The zero-order valence-corrected chi connectivity index (χ0v) is 22.0. The second kappa shape index (κ2) is 12.0. The number of nitrogens with one attached hydrogen (secondary N) is 1. The number of carbonyl (C=O) groups excluding carboxylic acids is 1. The van der Waals surface area contributed by atoms with E-state index in [0.29, 0.717) is 23.6 Å². The monoisotopic (exact) mass is 510 g/mol. The van der Waals surface area contributed by atoms with Crippen molar-refractivity contribution in [1.82, 2.24) is 4.90 Å². The molecule has 0 saturated carbocycles. The number of hydrogen-bond donors (Lipinski definition) is 1. The highest BCUT2D eigenvalue weighted by molar-refractivity contribution is 6.06. The van der Waals surface area contributed by atoms with Gasteiger partial charge in [0.15, 0.2) is 0 Å². The lowest BCUT2D eigenvalue weighted by Gasteiger charge is -2.26. The van der Waals surface area contributed by atoms with E-state index in [2.05, 4.69) is 28.4 Å². The van der Waals surface area contributed by atoms with Crippen molar-refractivity contribution in [1.29, 1.82) is 0 Å². The first-order valence-corrected chi connectivity index (χ1v) is 13.2. The molecule has 196 valence electrons. The molecule has 1 saturated heterocycles. The van der Waals surface area contributed by atoms with E-state index in [4.69, 9.17) is 14.2 Å². The minimum atomic E-state index is -0.190. The molecule has 0 aliphatic carbocycles. The predicted octanol–water partition coefficient (Wildman–Crippen LogP) is 6.64. The SMILES string of the molecule is COc1ccc(-c2ccc3cc(OC)ccc3c2)c(NC(=O)c2ccc(OCCN3CCCCC3)cc2)c1. The average Bonchev–Trinajstić information content (AvgIpc) is 2.97. The second-order valence-corrected chi connectivity index (χ2v) is 9.57. The summed E-state index contributed by atoms with van der Waals surface area (Å²) in [5.74, 6) is 2.08. The van der Waals surface area contributed by atoms with E-state index in [0.717, 1.165) is 53.0 Å². The van der Waals surface area contributed by atoms with Crippen LogP contribution in [0.5, 0.6) is 17.2 Å². The Labute approximate surface area is 224 Å². The lowest BCUT2D eigenvalue weighted by molar-refractivity contribution is 0.102. The van der Waals surface area contributed by atoms with Gasteiger partial charge < -0.3 is 19.5 Å². The van der Waals surface area contributed by atoms with Crippen LogP contribution < -0.4 is 19.5 Å². The van der Waals surface area contributed by atoms with Crippen LogP contribution in [0.15, 0.2) is 78.9 Å². The number of likely N-dealkylation sites (tertiary alicyclic amines) is 1. The summed E-state index contributed by atoms with van der Waals surface area (Å²) in [6, 6.07) is 25.3. The summed E-state index contributed by atoms with van der Waals surface area (Å²) in [5, 5.41) is 5.26. The van der Waals surface area contributed by atoms with Crippen LogP contribution >= 0.6 is 0 Å². The molecule has 1 aliphatic rings. The zero-order chi connectivity index (χ0) is 26.3. The fourth-order valence-corrected chi connectivity index (χ4v) is 4.90. The number of amides is 1. The molecule has 0 aromatic heterocycles.